The Bertz CT molecular complexity index is 1480. The van der Waals surface area contributed by atoms with Crippen molar-refractivity contribution in [3.63, 3.8) is 0 Å². The van der Waals surface area contributed by atoms with E-state index in [4.69, 9.17) is 35.5 Å². The lowest BCUT2D eigenvalue weighted by Crippen LogP contribution is -2.36. The second-order valence-electron chi connectivity index (χ2n) is 11.8. The number of nitrogens with zero attached hydrogens (tertiary/aromatic N) is 3. The van der Waals surface area contributed by atoms with Gasteiger partial charge in [-0.3, -0.25) is 9.69 Å². The highest BCUT2D eigenvalue weighted by atomic mass is 35.5. The molecule has 3 aliphatic heterocycles. The van der Waals surface area contributed by atoms with Crippen LogP contribution in [0.5, 0.6) is 11.5 Å². The predicted molar refractivity (Wildman–Crippen MR) is 160 cm³/mol. The molecule has 0 bridgehead atoms. The average molecular weight is 612 g/mol. The SMILES string of the molecule is CCOC(=O)CCc1c(C)nc(CN2CCC(c3cccc4c3O[C@@](C)(c3ccc(Cl)cc3F)O4)CC2)n1C[C@@H]1CCO1. The van der Waals surface area contributed by atoms with Gasteiger partial charge in [-0.05, 0) is 82.8 Å². The summed E-state index contributed by atoms with van der Waals surface area (Å²) in [4.78, 5) is 19.5. The summed E-state index contributed by atoms with van der Waals surface area (Å²) in [6, 6.07) is 10.5. The number of benzene rings is 2. The van der Waals surface area contributed by atoms with Crippen LogP contribution < -0.4 is 9.47 Å². The minimum Gasteiger partial charge on any atom is -0.466 e. The van der Waals surface area contributed by atoms with Crippen LogP contribution in [-0.4, -0.2) is 52.8 Å². The molecule has 1 aromatic heterocycles. The number of hydrogen-bond donors (Lipinski definition) is 0. The number of halogens is 2. The molecule has 43 heavy (non-hydrogen) atoms. The van der Waals surface area contributed by atoms with E-state index >= 15 is 0 Å². The van der Waals surface area contributed by atoms with Gasteiger partial charge in [0.25, 0.3) is 5.79 Å². The first-order valence-electron chi connectivity index (χ1n) is 15.2. The maximum absolute atomic E-state index is 14.8. The number of piperidine rings is 1. The first-order valence-corrected chi connectivity index (χ1v) is 15.6. The monoisotopic (exact) mass is 611 g/mol. The van der Waals surface area contributed by atoms with E-state index in [0.717, 1.165) is 74.8 Å². The van der Waals surface area contributed by atoms with E-state index in [9.17, 15) is 9.18 Å². The first kappa shape index (κ1) is 29.9. The van der Waals surface area contributed by atoms with E-state index in [1.165, 1.54) is 6.07 Å². The minimum absolute atomic E-state index is 0.182. The molecule has 0 aliphatic carbocycles. The Labute approximate surface area is 257 Å². The zero-order valence-corrected chi connectivity index (χ0v) is 25.8. The number of aryl methyl sites for hydroxylation is 1. The summed E-state index contributed by atoms with van der Waals surface area (Å²) in [5.41, 5.74) is 3.46. The number of aromatic nitrogens is 2. The fraction of sp³-hybridized carbons (Fsp3) is 0.515. The lowest BCUT2D eigenvalue weighted by atomic mass is 9.88. The van der Waals surface area contributed by atoms with Gasteiger partial charge in [0, 0.05) is 29.8 Å². The van der Waals surface area contributed by atoms with Crippen molar-refractivity contribution in [2.45, 2.75) is 83.8 Å². The van der Waals surface area contributed by atoms with Crippen molar-refractivity contribution in [1.29, 1.82) is 0 Å². The van der Waals surface area contributed by atoms with Gasteiger partial charge in [0.2, 0.25) is 0 Å². The highest BCUT2D eigenvalue weighted by Crippen LogP contribution is 2.49. The van der Waals surface area contributed by atoms with Gasteiger partial charge in [-0.1, -0.05) is 23.7 Å². The van der Waals surface area contributed by atoms with Crippen LogP contribution in [-0.2, 0) is 39.6 Å². The lowest BCUT2D eigenvalue weighted by Gasteiger charge is -2.33. The quantitative estimate of drug-likeness (QED) is 0.249. The number of esters is 1. The molecule has 4 heterocycles. The second-order valence-corrected chi connectivity index (χ2v) is 12.2. The molecule has 0 amide bonds. The van der Waals surface area contributed by atoms with Gasteiger partial charge >= 0.3 is 5.97 Å². The third-order valence-corrected chi connectivity index (χ3v) is 9.06. The molecule has 0 unspecified atom stereocenters. The van der Waals surface area contributed by atoms with E-state index in [1.54, 1.807) is 19.1 Å². The van der Waals surface area contributed by atoms with E-state index in [1.807, 2.05) is 26.0 Å². The number of ether oxygens (including phenoxy) is 4. The van der Waals surface area contributed by atoms with Crippen LogP contribution in [0.25, 0.3) is 0 Å². The normalized spacial score (nSPS) is 22.0. The van der Waals surface area contributed by atoms with Gasteiger partial charge in [0.05, 0.1) is 43.5 Å². The molecule has 2 fully saturated rings. The molecule has 3 aromatic rings. The minimum atomic E-state index is -1.27. The van der Waals surface area contributed by atoms with Gasteiger partial charge < -0.3 is 23.5 Å². The zero-order chi connectivity index (χ0) is 30.1. The number of para-hydroxylation sites is 1. The summed E-state index contributed by atoms with van der Waals surface area (Å²) in [5, 5.41) is 0.328. The zero-order valence-electron chi connectivity index (χ0n) is 25.0. The third-order valence-electron chi connectivity index (χ3n) is 8.83. The molecule has 0 radical (unpaired) electrons. The van der Waals surface area contributed by atoms with Crippen LogP contribution in [0.1, 0.15) is 73.8 Å². The van der Waals surface area contributed by atoms with Gasteiger partial charge in [0.15, 0.2) is 11.5 Å². The maximum Gasteiger partial charge on any atom is 0.306 e. The van der Waals surface area contributed by atoms with Crippen LogP contribution in [0.3, 0.4) is 0 Å². The van der Waals surface area contributed by atoms with Crippen molar-refractivity contribution >= 4 is 17.6 Å². The third kappa shape index (κ3) is 6.26. The van der Waals surface area contributed by atoms with E-state index in [0.29, 0.717) is 41.5 Å². The molecule has 8 nitrogen and oxygen atoms in total. The summed E-state index contributed by atoms with van der Waals surface area (Å²) in [6.45, 7) is 10.1. The lowest BCUT2D eigenvalue weighted by molar-refractivity contribution is -0.143. The summed E-state index contributed by atoms with van der Waals surface area (Å²) in [7, 11) is 0. The van der Waals surface area contributed by atoms with Crippen molar-refractivity contribution in [3.8, 4) is 11.5 Å². The largest absolute Gasteiger partial charge is 0.466 e. The fourth-order valence-corrected chi connectivity index (χ4v) is 6.61. The van der Waals surface area contributed by atoms with Gasteiger partial charge in [-0.2, -0.15) is 0 Å². The molecule has 10 heteroatoms. The van der Waals surface area contributed by atoms with Crippen molar-refractivity contribution in [2.75, 3.05) is 26.3 Å². The summed E-state index contributed by atoms with van der Waals surface area (Å²) in [5.74, 6) is 0.717. The molecular weight excluding hydrogens is 573 g/mol. The molecule has 0 spiro atoms. The Morgan fingerprint density at radius 2 is 1.98 bits per heavy atom. The van der Waals surface area contributed by atoms with Crippen LogP contribution in [0, 0.1) is 12.7 Å². The molecule has 2 aromatic carbocycles. The van der Waals surface area contributed by atoms with Crippen LogP contribution >= 0.6 is 11.6 Å². The fourth-order valence-electron chi connectivity index (χ4n) is 6.45. The molecule has 230 valence electrons. The van der Waals surface area contributed by atoms with Crippen LogP contribution in [0.15, 0.2) is 36.4 Å². The molecule has 6 rings (SSSR count). The molecule has 0 saturated carbocycles. The highest BCUT2D eigenvalue weighted by molar-refractivity contribution is 6.30. The number of rotatable bonds is 10. The number of carbonyl (C=O) groups is 1. The maximum atomic E-state index is 14.8. The predicted octanol–water partition coefficient (Wildman–Crippen LogP) is 6.29. The van der Waals surface area contributed by atoms with Crippen LogP contribution in [0.2, 0.25) is 5.02 Å². The molecular formula is C33H39ClFN3O5. The van der Waals surface area contributed by atoms with Crippen molar-refractivity contribution in [2.24, 2.45) is 0 Å². The summed E-state index contributed by atoms with van der Waals surface area (Å²) >= 11 is 5.98. The first-order chi connectivity index (χ1) is 20.7. The van der Waals surface area contributed by atoms with Gasteiger partial charge in [-0.15, -0.1) is 0 Å². The topological polar surface area (TPSA) is 75.0 Å². The average Bonchev–Trinajstić information content (AvgIpc) is 3.45. The highest BCUT2D eigenvalue weighted by Gasteiger charge is 2.43. The summed E-state index contributed by atoms with van der Waals surface area (Å²) in [6.07, 6.45) is 4.07. The Morgan fingerprint density at radius 1 is 1.19 bits per heavy atom. The number of likely N-dealkylation sites (tertiary alicyclic amines) is 1. The van der Waals surface area contributed by atoms with Gasteiger partial charge in [-0.25, -0.2) is 9.37 Å². The van der Waals surface area contributed by atoms with Gasteiger partial charge in [0.1, 0.15) is 11.6 Å². The number of fused-ring (bicyclic) bond motifs is 1. The molecule has 0 N–H and O–H groups in total. The molecule has 3 aliphatic rings. The second kappa shape index (κ2) is 12.5. The van der Waals surface area contributed by atoms with E-state index < -0.39 is 11.6 Å². The Morgan fingerprint density at radius 3 is 2.67 bits per heavy atom. The van der Waals surface area contributed by atoms with Crippen molar-refractivity contribution < 1.29 is 28.1 Å². The number of hydrogen-bond acceptors (Lipinski definition) is 7. The van der Waals surface area contributed by atoms with Crippen LogP contribution in [0.4, 0.5) is 4.39 Å². The smallest absolute Gasteiger partial charge is 0.306 e. The number of imidazole rings is 1. The van der Waals surface area contributed by atoms with Crippen molar-refractivity contribution in [3.05, 3.63) is 75.6 Å². The Hall–Kier alpha value is -3.14. The molecule has 2 saturated heterocycles. The standard InChI is InChI=1S/C33H39ClFN3O5/c1-4-40-31(39)11-10-28-21(2)36-30(38(28)19-24-14-17-41-24)20-37-15-12-22(13-16-37)25-6-5-7-29-32(25)43-33(3,42-29)26-9-8-23(34)18-27(26)35/h5-9,18,22,24H,4,10-17,19-20H2,1-3H3/t24-,33-/m0/s1. The van der Waals surface area contributed by atoms with Crippen molar-refractivity contribution in [1.82, 2.24) is 14.5 Å². The number of carbonyl (C=O) groups excluding carboxylic acids is 1. The van der Waals surface area contributed by atoms with E-state index in [-0.39, 0.29) is 18.0 Å². The summed E-state index contributed by atoms with van der Waals surface area (Å²) < 4.78 is 40.6. The van der Waals surface area contributed by atoms with E-state index in [2.05, 4.69) is 15.5 Å². The Kier molecular flexibility index (Phi) is 8.67. The molecule has 2 atom stereocenters. The Balaban J connectivity index is 1.13.